The third-order valence-electron chi connectivity index (χ3n) is 3.45. The number of aromatic nitrogens is 2. The number of Topliss-reactive ketones (excluding diaryl/α,β-unsaturated/α-hetero) is 1. The number of aryl methyl sites for hydroxylation is 2. The lowest BCUT2D eigenvalue weighted by Crippen LogP contribution is -1.96. The van der Waals surface area contributed by atoms with Gasteiger partial charge in [-0.2, -0.15) is 5.10 Å². The molecule has 0 spiro atoms. The van der Waals surface area contributed by atoms with Crippen LogP contribution >= 0.6 is 11.3 Å². The first-order valence-corrected chi connectivity index (χ1v) is 7.59. The summed E-state index contributed by atoms with van der Waals surface area (Å²) in [5.41, 5.74) is 3.79. The van der Waals surface area contributed by atoms with Crippen LogP contribution in [0.2, 0.25) is 0 Å². The zero-order valence-electron chi connectivity index (χ0n) is 12.3. The van der Waals surface area contributed by atoms with E-state index < -0.39 is 0 Å². The second kappa shape index (κ2) is 5.30. The maximum absolute atomic E-state index is 12.1. The molecule has 0 bridgehead atoms. The van der Waals surface area contributed by atoms with Crippen molar-refractivity contribution in [3.05, 3.63) is 53.0 Å². The fourth-order valence-electron chi connectivity index (χ4n) is 2.57. The molecule has 0 saturated carbocycles. The second-order valence-electron chi connectivity index (χ2n) is 5.03. The highest BCUT2D eigenvalue weighted by Crippen LogP contribution is 2.42. The summed E-state index contributed by atoms with van der Waals surface area (Å²) in [7, 11) is 1.90. The second-order valence-corrected chi connectivity index (χ2v) is 6.26. The minimum Gasteiger partial charge on any atom is -0.294 e. The van der Waals surface area contributed by atoms with Gasteiger partial charge in [-0.1, -0.05) is 30.3 Å². The number of ketones is 1. The molecule has 3 nitrogen and oxygen atoms in total. The average molecular weight is 296 g/mol. The first-order chi connectivity index (χ1) is 10.1. The molecule has 0 radical (unpaired) electrons. The smallest absolute Gasteiger partial charge is 0.161 e. The molecule has 2 heterocycles. The Balaban J connectivity index is 2.31. The maximum Gasteiger partial charge on any atom is 0.161 e. The Labute approximate surface area is 127 Å². The van der Waals surface area contributed by atoms with Gasteiger partial charge < -0.3 is 0 Å². The number of carbonyl (C=O) groups excluding carboxylic acids is 1. The van der Waals surface area contributed by atoms with Crippen molar-refractivity contribution in [3.8, 4) is 21.7 Å². The number of hydrogen-bond donors (Lipinski definition) is 0. The molecule has 0 amide bonds. The minimum atomic E-state index is 0.102. The number of thiophene rings is 1. The molecule has 0 aliphatic rings. The van der Waals surface area contributed by atoms with Crippen molar-refractivity contribution >= 4 is 17.1 Å². The van der Waals surface area contributed by atoms with Gasteiger partial charge in [0.2, 0.25) is 0 Å². The van der Waals surface area contributed by atoms with Gasteiger partial charge in [0.15, 0.2) is 5.78 Å². The topological polar surface area (TPSA) is 34.9 Å². The Morgan fingerprint density at radius 3 is 2.48 bits per heavy atom. The van der Waals surface area contributed by atoms with Gasteiger partial charge in [-0.15, -0.1) is 11.3 Å². The fraction of sp³-hybridized carbons (Fsp3) is 0.176. The monoisotopic (exact) mass is 296 g/mol. The van der Waals surface area contributed by atoms with Crippen LogP contribution in [-0.4, -0.2) is 15.6 Å². The molecule has 3 rings (SSSR count). The average Bonchev–Trinajstić information content (AvgIpc) is 3.03. The highest BCUT2D eigenvalue weighted by molar-refractivity contribution is 7.16. The lowest BCUT2D eigenvalue weighted by molar-refractivity contribution is 0.101. The molecule has 0 unspecified atom stereocenters. The van der Waals surface area contributed by atoms with E-state index in [1.165, 1.54) is 0 Å². The van der Waals surface area contributed by atoms with Crippen LogP contribution in [0.3, 0.4) is 0 Å². The van der Waals surface area contributed by atoms with Crippen LogP contribution in [0.15, 0.2) is 42.6 Å². The summed E-state index contributed by atoms with van der Waals surface area (Å²) in [4.78, 5) is 14.2. The van der Waals surface area contributed by atoms with Crippen molar-refractivity contribution in [2.24, 2.45) is 7.05 Å². The summed E-state index contributed by atoms with van der Waals surface area (Å²) in [6.07, 6.45) is 1.92. The van der Waals surface area contributed by atoms with Crippen molar-refractivity contribution in [1.29, 1.82) is 0 Å². The van der Waals surface area contributed by atoms with Crippen LogP contribution in [0, 0.1) is 6.92 Å². The van der Waals surface area contributed by atoms with E-state index >= 15 is 0 Å². The quantitative estimate of drug-likeness (QED) is 0.674. The normalized spacial score (nSPS) is 10.8. The third-order valence-corrected chi connectivity index (χ3v) is 4.57. The Morgan fingerprint density at radius 1 is 1.19 bits per heavy atom. The lowest BCUT2D eigenvalue weighted by atomic mass is 9.97. The van der Waals surface area contributed by atoms with Gasteiger partial charge in [0.1, 0.15) is 5.69 Å². The van der Waals surface area contributed by atoms with Crippen LogP contribution < -0.4 is 0 Å². The number of rotatable bonds is 3. The van der Waals surface area contributed by atoms with Crippen LogP contribution in [0.25, 0.3) is 21.7 Å². The SMILES string of the molecule is CC(=O)c1c(C)sc(-c2ccn(C)n2)c1-c1ccccc1. The van der Waals surface area contributed by atoms with E-state index in [2.05, 4.69) is 5.10 Å². The van der Waals surface area contributed by atoms with Gasteiger partial charge in [0.25, 0.3) is 0 Å². The number of hydrogen-bond acceptors (Lipinski definition) is 3. The molecule has 106 valence electrons. The van der Waals surface area contributed by atoms with E-state index in [4.69, 9.17) is 0 Å². The van der Waals surface area contributed by atoms with Gasteiger partial charge in [-0.3, -0.25) is 9.48 Å². The lowest BCUT2D eigenvalue weighted by Gasteiger charge is -2.05. The molecule has 0 fully saturated rings. The molecule has 0 N–H and O–H groups in total. The summed E-state index contributed by atoms with van der Waals surface area (Å²) in [5, 5.41) is 4.50. The molecule has 2 aromatic heterocycles. The predicted molar refractivity (Wildman–Crippen MR) is 86.7 cm³/mol. The van der Waals surface area contributed by atoms with Gasteiger partial charge >= 0.3 is 0 Å². The van der Waals surface area contributed by atoms with Crippen molar-refractivity contribution in [1.82, 2.24) is 9.78 Å². The molecular formula is C17H16N2OS. The van der Waals surface area contributed by atoms with Gasteiger partial charge in [-0.25, -0.2) is 0 Å². The zero-order chi connectivity index (χ0) is 15.0. The number of nitrogens with zero attached hydrogens (tertiary/aromatic N) is 2. The fourth-order valence-corrected chi connectivity index (χ4v) is 3.75. The Hall–Kier alpha value is -2.20. The van der Waals surface area contributed by atoms with Crippen LogP contribution in [0.5, 0.6) is 0 Å². The van der Waals surface area contributed by atoms with Crippen molar-refractivity contribution < 1.29 is 4.79 Å². The van der Waals surface area contributed by atoms with Gasteiger partial charge in [0, 0.05) is 29.2 Å². The maximum atomic E-state index is 12.1. The van der Waals surface area contributed by atoms with Gasteiger partial charge in [0.05, 0.1) is 4.88 Å². The summed E-state index contributed by atoms with van der Waals surface area (Å²) >= 11 is 1.63. The summed E-state index contributed by atoms with van der Waals surface area (Å²) in [6, 6.07) is 12.0. The Bertz CT molecular complexity index is 800. The zero-order valence-corrected chi connectivity index (χ0v) is 13.1. The minimum absolute atomic E-state index is 0.102. The molecule has 0 saturated heterocycles. The Kier molecular flexibility index (Phi) is 3.47. The predicted octanol–water partition coefficient (Wildman–Crippen LogP) is 4.33. The molecule has 3 aromatic rings. The molecule has 0 aliphatic carbocycles. The highest BCUT2D eigenvalue weighted by atomic mass is 32.1. The molecule has 4 heteroatoms. The standard InChI is InChI=1S/C17H16N2OS/c1-11(20)15-12(2)21-17(14-9-10-19(3)18-14)16(15)13-7-5-4-6-8-13/h4-10H,1-3H3. The van der Waals surface area contributed by atoms with E-state index in [0.29, 0.717) is 0 Å². The Morgan fingerprint density at radius 2 is 1.90 bits per heavy atom. The van der Waals surface area contributed by atoms with Crippen LogP contribution in [0.4, 0.5) is 0 Å². The van der Waals surface area contributed by atoms with E-state index in [9.17, 15) is 4.79 Å². The van der Waals surface area contributed by atoms with E-state index in [1.54, 1.807) is 22.9 Å². The highest BCUT2D eigenvalue weighted by Gasteiger charge is 2.22. The van der Waals surface area contributed by atoms with Crippen molar-refractivity contribution in [3.63, 3.8) is 0 Å². The molecule has 21 heavy (non-hydrogen) atoms. The van der Waals surface area contributed by atoms with Crippen LogP contribution in [0.1, 0.15) is 22.2 Å². The first-order valence-electron chi connectivity index (χ1n) is 6.77. The van der Waals surface area contributed by atoms with E-state index in [-0.39, 0.29) is 5.78 Å². The summed E-state index contributed by atoms with van der Waals surface area (Å²) in [6.45, 7) is 3.63. The molecule has 0 atom stereocenters. The van der Waals surface area contributed by atoms with Crippen LogP contribution in [-0.2, 0) is 7.05 Å². The first kappa shape index (κ1) is 13.8. The largest absolute Gasteiger partial charge is 0.294 e. The van der Waals surface area contributed by atoms with Crippen molar-refractivity contribution in [2.75, 3.05) is 0 Å². The number of benzene rings is 1. The number of carbonyl (C=O) groups is 1. The molecule has 0 aliphatic heterocycles. The third kappa shape index (κ3) is 2.43. The summed E-state index contributed by atoms with van der Waals surface area (Å²) in [5.74, 6) is 0.102. The van der Waals surface area contributed by atoms with Gasteiger partial charge in [-0.05, 0) is 25.5 Å². The van der Waals surface area contributed by atoms with E-state index in [1.807, 2.05) is 56.6 Å². The molecule has 1 aromatic carbocycles. The summed E-state index contributed by atoms with van der Waals surface area (Å²) < 4.78 is 1.78. The molecular weight excluding hydrogens is 280 g/mol. The van der Waals surface area contributed by atoms with Crippen molar-refractivity contribution in [2.45, 2.75) is 13.8 Å². The van der Waals surface area contributed by atoms with E-state index in [0.717, 1.165) is 32.1 Å².